The summed E-state index contributed by atoms with van der Waals surface area (Å²) in [7, 11) is 0. The maximum atomic E-state index is 5.31. The molecule has 0 aliphatic heterocycles. The summed E-state index contributed by atoms with van der Waals surface area (Å²) < 4.78 is 0. The predicted octanol–water partition coefficient (Wildman–Crippen LogP) is 3.44. The monoisotopic (exact) mass is 271 g/mol. The summed E-state index contributed by atoms with van der Waals surface area (Å²) in [4.78, 5) is 4.04. The van der Waals surface area contributed by atoms with Crippen molar-refractivity contribution in [1.29, 1.82) is 0 Å². The number of benzene rings is 1. The average molecular weight is 271 g/mol. The molecule has 0 aliphatic carbocycles. The fraction of sp³-hybridized carbons (Fsp3) is 0.200. The number of nitrogens with one attached hydrogen (secondary N) is 2. The molecule has 1 aromatic heterocycles. The maximum absolute atomic E-state index is 5.31. The summed E-state index contributed by atoms with van der Waals surface area (Å²) in [6.45, 7) is 4.20. The van der Waals surface area contributed by atoms with Gasteiger partial charge >= 0.3 is 0 Å². The van der Waals surface area contributed by atoms with Crippen molar-refractivity contribution in [3.8, 4) is 0 Å². The number of pyridine rings is 1. The molecule has 0 radical (unpaired) electrons. The van der Waals surface area contributed by atoms with Gasteiger partial charge in [0, 0.05) is 6.20 Å². The first kappa shape index (κ1) is 13.5. The fourth-order valence-electron chi connectivity index (χ4n) is 1.95. The van der Waals surface area contributed by atoms with Gasteiger partial charge in [-0.25, -0.2) is 0 Å². The van der Waals surface area contributed by atoms with Crippen LogP contribution in [0.25, 0.3) is 0 Å². The Morgan fingerprint density at radius 1 is 1.21 bits per heavy atom. The van der Waals surface area contributed by atoms with Gasteiger partial charge in [0.15, 0.2) is 5.11 Å². The summed E-state index contributed by atoms with van der Waals surface area (Å²) in [6.07, 6.45) is 3.48. The standard InChI is InChI=1S/C15H17N3S/c1-11-6-3-4-8-14(11)12(2)17-15(19)18-13-7-5-9-16-10-13/h3-10,12H,1-2H3,(H2,17,18,19)/t12-/m1/s1. The second-order valence-electron chi connectivity index (χ2n) is 4.42. The van der Waals surface area contributed by atoms with Crippen molar-refractivity contribution in [2.75, 3.05) is 5.32 Å². The largest absolute Gasteiger partial charge is 0.356 e. The summed E-state index contributed by atoms with van der Waals surface area (Å²) in [5, 5.41) is 7.00. The van der Waals surface area contributed by atoms with Gasteiger partial charge in [-0.2, -0.15) is 0 Å². The van der Waals surface area contributed by atoms with Crippen molar-refractivity contribution in [3.05, 3.63) is 59.9 Å². The highest BCUT2D eigenvalue weighted by Gasteiger charge is 2.08. The third-order valence-electron chi connectivity index (χ3n) is 2.92. The maximum Gasteiger partial charge on any atom is 0.171 e. The van der Waals surface area contributed by atoms with E-state index in [1.807, 2.05) is 24.3 Å². The van der Waals surface area contributed by atoms with Crippen LogP contribution in [0.3, 0.4) is 0 Å². The van der Waals surface area contributed by atoms with E-state index in [4.69, 9.17) is 12.2 Å². The van der Waals surface area contributed by atoms with E-state index in [0.29, 0.717) is 5.11 Å². The van der Waals surface area contributed by atoms with Gasteiger partial charge in [-0.3, -0.25) is 4.98 Å². The molecule has 98 valence electrons. The van der Waals surface area contributed by atoms with E-state index in [1.165, 1.54) is 11.1 Å². The Morgan fingerprint density at radius 3 is 2.68 bits per heavy atom. The molecule has 19 heavy (non-hydrogen) atoms. The first-order chi connectivity index (χ1) is 9.16. The molecule has 1 atom stereocenters. The molecule has 0 unspecified atom stereocenters. The third-order valence-corrected chi connectivity index (χ3v) is 3.14. The van der Waals surface area contributed by atoms with Gasteiger partial charge in [0.05, 0.1) is 17.9 Å². The molecule has 2 rings (SSSR count). The molecule has 2 N–H and O–H groups in total. The van der Waals surface area contributed by atoms with Crippen molar-refractivity contribution >= 4 is 23.0 Å². The Kier molecular flexibility index (Phi) is 4.47. The summed E-state index contributed by atoms with van der Waals surface area (Å²) >= 11 is 5.31. The lowest BCUT2D eigenvalue weighted by molar-refractivity contribution is 0.717. The van der Waals surface area contributed by atoms with Crippen LogP contribution in [0, 0.1) is 6.92 Å². The van der Waals surface area contributed by atoms with E-state index in [0.717, 1.165) is 5.69 Å². The Hall–Kier alpha value is -1.94. The Morgan fingerprint density at radius 2 is 2.00 bits per heavy atom. The van der Waals surface area contributed by atoms with Crippen LogP contribution in [0.4, 0.5) is 5.69 Å². The minimum atomic E-state index is 0.165. The summed E-state index contributed by atoms with van der Waals surface area (Å²) in [5.41, 5.74) is 3.39. The number of aromatic nitrogens is 1. The van der Waals surface area contributed by atoms with Crippen LogP contribution in [0.2, 0.25) is 0 Å². The number of aryl methyl sites for hydroxylation is 1. The lowest BCUT2D eigenvalue weighted by atomic mass is 10.0. The van der Waals surface area contributed by atoms with Crippen LogP contribution >= 0.6 is 12.2 Å². The molecule has 0 spiro atoms. The Labute approximate surface area is 119 Å². The third kappa shape index (κ3) is 3.76. The van der Waals surface area contributed by atoms with Gasteiger partial charge < -0.3 is 10.6 Å². The average Bonchev–Trinajstić information content (AvgIpc) is 2.40. The van der Waals surface area contributed by atoms with Crippen molar-refractivity contribution < 1.29 is 0 Å². The first-order valence-corrected chi connectivity index (χ1v) is 6.60. The van der Waals surface area contributed by atoms with Crippen molar-refractivity contribution in [2.24, 2.45) is 0 Å². The van der Waals surface area contributed by atoms with Crippen LogP contribution < -0.4 is 10.6 Å². The number of anilines is 1. The van der Waals surface area contributed by atoms with E-state index in [2.05, 4.69) is 41.6 Å². The van der Waals surface area contributed by atoms with Crippen LogP contribution in [0.1, 0.15) is 24.1 Å². The van der Waals surface area contributed by atoms with Gasteiger partial charge in [-0.1, -0.05) is 24.3 Å². The molecular weight excluding hydrogens is 254 g/mol. The molecule has 0 amide bonds. The van der Waals surface area contributed by atoms with E-state index in [9.17, 15) is 0 Å². The fourth-order valence-corrected chi connectivity index (χ4v) is 2.25. The molecule has 4 heteroatoms. The highest BCUT2D eigenvalue weighted by Crippen LogP contribution is 2.16. The Bertz CT molecular complexity index is 554. The zero-order chi connectivity index (χ0) is 13.7. The summed E-state index contributed by atoms with van der Waals surface area (Å²) in [6, 6.07) is 12.3. The van der Waals surface area contributed by atoms with Crippen LogP contribution in [-0.4, -0.2) is 10.1 Å². The predicted molar refractivity (Wildman–Crippen MR) is 83.2 cm³/mol. The Balaban J connectivity index is 1.98. The van der Waals surface area contributed by atoms with Crippen molar-refractivity contribution in [3.63, 3.8) is 0 Å². The normalized spacial score (nSPS) is 11.7. The minimum absolute atomic E-state index is 0.165. The SMILES string of the molecule is Cc1ccccc1[C@@H](C)NC(=S)Nc1cccnc1. The number of thiocarbonyl (C=S) groups is 1. The van der Waals surface area contributed by atoms with Gasteiger partial charge in [0.1, 0.15) is 0 Å². The molecule has 0 fully saturated rings. The second kappa shape index (κ2) is 6.29. The van der Waals surface area contributed by atoms with Gasteiger partial charge in [0.25, 0.3) is 0 Å². The molecule has 0 aliphatic rings. The van der Waals surface area contributed by atoms with Gasteiger partial charge in [0.2, 0.25) is 0 Å². The molecular formula is C15H17N3S. The zero-order valence-corrected chi connectivity index (χ0v) is 11.9. The van der Waals surface area contributed by atoms with E-state index in [1.54, 1.807) is 12.4 Å². The van der Waals surface area contributed by atoms with Gasteiger partial charge in [-0.15, -0.1) is 0 Å². The number of nitrogens with zero attached hydrogens (tertiary/aromatic N) is 1. The van der Waals surface area contributed by atoms with Crippen molar-refractivity contribution in [2.45, 2.75) is 19.9 Å². The quantitative estimate of drug-likeness (QED) is 0.839. The molecule has 0 bridgehead atoms. The summed E-state index contributed by atoms with van der Waals surface area (Å²) in [5.74, 6) is 0. The second-order valence-corrected chi connectivity index (χ2v) is 4.83. The topological polar surface area (TPSA) is 37.0 Å². The highest BCUT2D eigenvalue weighted by molar-refractivity contribution is 7.80. The van der Waals surface area contributed by atoms with E-state index < -0.39 is 0 Å². The number of hydrogen-bond acceptors (Lipinski definition) is 2. The number of rotatable bonds is 3. The van der Waals surface area contributed by atoms with E-state index >= 15 is 0 Å². The number of hydrogen-bond donors (Lipinski definition) is 2. The smallest absolute Gasteiger partial charge is 0.171 e. The van der Waals surface area contributed by atoms with Crippen LogP contribution in [0.15, 0.2) is 48.8 Å². The molecule has 2 aromatic rings. The van der Waals surface area contributed by atoms with E-state index in [-0.39, 0.29) is 6.04 Å². The molecule has 1 heterocycles. The molecule has 3 nitrogen and oxygen atoms in total. The zero-order valence-electron chi connectivity index (χ0n) is 11.1. The lowest BCUT2D eigenvalue weighted by Gasteiger charge is -2.18. The van der Waals surface area contributed by atoms with Gasteiger partial charge in [-0.05, 0) is 49.3 Å². The molecule has 1 aromatic carbocycles. The van der Waals surface area contributed by atoms with Crippen LogP contribution in [0.5, 0.6) is 0 Å². The molecule has 0 saturated carbocycles. The lowest BCUT2D eigenvalue weighted by Crippen LogP contribution is -2.31. The van der Waals surface area contributed by atoms with Crippen LogP contribution in [-0.2, 0) is 0 Å². The first-order valence-electron chi connectivity index (χ1n) is 6.20. The molecule has 0 saturated heterocycles. The minimum Gasteiger partial charge on any atom is -0.356 e. The highest BCUT2D eigenvalue weighted by atomic mass is 32.1. The van der Waals surface area contributed by atoms with Crippen molar-refractivity contribution in [1.82, 2.24) is 10.3 Å².